The number of benzene rings is 3. The van der Waals surface area contributed by atoms with E-state index in [2.05, 4.69) is 5.32 Å². The van der Waals surface area contributed by atoms with E-state index >= 15 is 0 Å². The van der Waals surface area contributed by atoms with Crippen LogP contribution in [0.2, 0.25) is 0 Å². The van der Waals surface area contributed by atoms with Crippen LogP contribution >= 0.6 is 0 Å². The fourth-order valence-corrected chi connectivity index (χ4v) is 5.56. The summed E-state index contributed by atoms with van der Waals surface area (Å²) in [7, 11) is 1.61. The molecule has 0 saturated carbocycles. The second-order valence-corrected chi connectivity index (χ2v) is 10.0. The van der Waals surface area contributed by atoms with Gasteiger partial charge in [0.25, 0.3) is 5.69 Å². The standard InChI is InChI=1S/C32H30N2O6/c1-20-29(32(36)40-16-15-21-7-4-3-5-8-21)30(23-9-6-10-25(17-23)34(37)38)31-27(33-20)18-24(19-28(31)35)22-11-13-26(39-2)14-12-22/h3-14,17,24,30,33H,15-16,18-19H2,1-2H3/t24-,30-/m1/s1. The molecule has 3 aromatic rings. The lowest BCUT2D eigenvalue weighted by atomic mass is 9.71. The van der Waals surface area contributed by atoms with E-state index in [4.69, 9.17) is 9.47 Å². The molecule has 1 aliphatic heterocycles. The van der Waals surface area contributed by atoms with Gasteiger partial charge in [0.05, 0.1) is 24.2 Å². The summed E-state index contributed by atoms with van der Waals surface area (Å²) < 4.78 is 11.0. The first kappa shape index (κ1) is 26.9. The summed E-state index contributed by atoms with van der Waals surface area (Å²) in [6, 6.07) is 23.5. The minimum atomic E-state index is -0.773. The number of carbonyl (C=O) groups excluding carboxylic acids is 2. The Morgan fingerprint density at radius 1 is 1.00 bits per heavy atom. The first-order valence-electron chi connectivity index (χ1n) is 13.2. The number of nitro groups is 1. The van der Waals surface area contributed by atoms with Crippen molar-refractivity contribution in [3.63, 3.8) is 0 Å². The molecule has 0 bridgehead atoms. The lowest BCUT2D eigenvalue weighted by Gasteiger charge is -2.36. The van der Waals surface area contributed by atoms with Crippen molar-refractivity contribution in [2.24, 2.45) is 0 Å². The Hall–Kier alpha value is -4.72. The van der Waals surface area contributed by atoms with E-state index < -0.39 is 16.8 Å². The second kappa shape index (κ2) is 11.6. The molecule has 0 unspecified atom stereocenters. The molecule has 0 saturated heterocycles. The predicted octanol–water partition coefficient (Wildman–Crippen LogP) is 5.75. The quantitative estimate of drug-likeness (QED) is 0.221. The molecular weight excluding hydrogens is 508 g/mol. The molecule has 3 aromatic carbocycles. The molecule has 0 radical (unpaired) electrons. The van der Waals surface area contributed by atoms with Gasteiger partial charge in [-0.1, -0.05) is 54.6 Å². The molecule has 0 amide bonds. The maximum Gasteiger partial charge on any atom is 0.336 e. The average Bonchev–Trinajstić information content (AvgIpc) is 2.97. The van der Waals surface area contributed by atoms with Crippen molar-refractivity contribution in [2.45, 2.75) is 38.0 Å². The molecular formula is C32H30N2O6. The van der Waals surface area contributed by atoms with Gasteiger partial charge in [0.15, 0.2) is 5.78 Å². The number of hydrogen-bond donors (Lipinski definition) is 1. The molecule has 1 aliphatic carbocycles. The van der Waals surface area contributed by atoms with Crippen LogP contribution in [0, 0.1) is 10.1 Å². The lowest BCUT2D eigenvalue weighted by molar-refractivity contribution is -0.384. The van der Waals surface area contributed by atoms with Gasteiger partial charge < -0.3 is 14.8 Å². The Balaban J connectivity index is 1.49. The molecule has 0 aromatic heterocycles. The third kappa shape index (κ3) is 5.52. The Kier molecular flexibility index (Phi) is 7.77. The summed E-state index contributed by atoms with van der Waals surface area (Å²) >= 11 is 0. The molecule has 0 fully saturated rings. The molecule has 8 nitrogen and oxygen atoms in total. The van der Waals surface area contributed by atoms with Crippen molar-refractivity contribution in [3.05, 3.63) is 128 Å². The number of dihydropyridines is 1. The van der Waals surface area contributed by atoms with Crippen LogP contribution in [-0.2, 0) is 20.7 Å². The van der Waals surface area contributed by atoms with Crippen LogP contribution in [0.4, 0.5) is 5.69 Å². The Morgan fingerprint density at radius 2 is 1.75 bits per heavy atom. The highest BCUT2D eigenvalue weighted by atomic mass is 16.6. The summed E-state index contributed by atoms with van der Waals surface area (Å²) in [6.07, 6.45) is 1.37. The number of esters is 1. The summed E-state index contributed by atoms with van der Waals surface area (Å²) in [5.41, 5.74) is 4.52. The number of ether oxygens (including phenoxy) is 2. The minimum absolute atomic E-state index is 0.0532. The highest BCUT2D eigenvalue weighted by Crippen LogP contribution is 2.46. The monoisotopic (exact) mass is 538 g/mol. The third-order valence-corrected chi connectivity index (χ3v) is 7.52. The maximum absolute atomic E-state index is 13.8. The molecule has 8 heteroatoms. The van der Waals surface area contributed by atoms with Crippen molar-refractivity contribution in [3.8, 4) is 5.75 Å². The smallest absolute Gasteiger partial charge is 0.336 e. The third-order valence-electron chi connectivity index (χ3n) is 7.52. The first-order chi connectivity index (χ1) is 19.4. The van der Waals surface area contributed by atoms with E-state index in [0.717, 1.165) is 22.6 Å². The predicted molar refractivity (Wildman–Crippen MR) is 150 cm³/mol. The van der Waals surface area contributed by atoms with E-state index in [9.17, 15) is 19.7 Å². The molecule has 0 spiro atoms. The zero-order valence-corrected chi connectivity index (χ0v) is 22.4. The lowest BCUT2D eigenvalue weighted by Crippen LogP contribution is -2.36. The van der Waals surface area contributed by atoms with Gasteiger partial charge in [-0.2, -0.15) is 0 Å². The van der Waals surface area contributed by atoms with Gasteiger partial charge in [-0.15, -0.1) is 0 Å². The number of rotatable bonds is 8. The number of methoxy groups -OCH3 is 1. The van der Waals surface area contributed by atoms with Crippen molar-refractivity contribution in [1.29, 1.82) is 0 Å². The van der Waals surface area contributed by atoms with Gasteiger partial charge in [-0.25, -0.2) is 4.79 Å². The molecule has 1 heterocycles. The largest absolute Gasteiger partial charge is 0.497 e. The minimum Gasteiger partial charge on any atom is -0.497 e. The summed E-state index contributed by atoms with van der Waals surface area (Å²) in [6.45, 7) is 1.95. The zero-order chi connectivity index (χ0) is 28.2. The van der Waals surface area contributed by atoms with Gasteiger partial charge in [-0.05, 0) is 48.1 Å². The fraction of sp³-hybridized carbons (Fsp3) is 0.250. The van der Waals surface area contributed by atoms with Gasteiger partial charge in [-0.3, -0.25) is 14.9 Å². The van der Waals surface area contributed by atoms with Gasteiger partial charge in [0.2, 0.25) is 0 Å². The number of hydrogen-bond acceptors (Lipinski definition) is 7. The van der Waals surface area contributed by atoms with Crippen LogP contribution in [0.25, 0.3) is 0 Å². The summed E-state index contributed by atoms with van der Waals surface area (Å²) in [5.74, 6) is -0.740. The van der Waals surface area contributed by atoms with Gasteiger partial charge in [0, 0.05) is 47.9 Å². The van der Waals surface area contributed by atoms with Crippen molar-refractivity contribution < 1.29 is 24.0 Å². The number of nitrogens with zero attached hydrogens (tertiary/aromatic N) is 1. The van der Waals surface area contributed by atoms with Crippen molar-refractivity contribution in [2.75, 3.05) is 13.7 Å². The van der Waals surface area contributed by atoms with Gasteiger partial charge in [0.1, 0.15) is 5.75 Å². The van der Waals surface area contributed by atoms with Crippen LogP contribution in [0.5, 0.6) is 5.75 Å². The molecule has 5 rings (SSSR count). The zero-order valence-electron chi connectivity index (χ0n) is 22.4. The summed E-state index contributed by atoms with van der Waals surface area (Å²) in [5, 5.41) is 14.9. The SMILES string of the molecule is COc1ccc([C@H]2CC(=O)C3=C(C2)NC(C)=C(C(=O)OCCc2ccccc2)[C@H]3c2cccc([N+](=O)[O-])c2)cc1. The highest BCUT2D eigenvalue weighted by molar-refractivity contribution is 6.04. The molecule has 2 atom stereocenters. The summed E-state index contributed by atoms with van der Waals surface area (Å²) in [4.78, 5) is 38.4. The maximum atomic E-state index is 13.8. The number of carbonyl (C=O) groups is 2. The van der Waals surface area contributed by atoms with Gasteiger partial charge >= 0.3 is 5.97 Å². The van der Waals surface area contributed by atoms with E-state index in [-0.39, 0.29) is 30.4 Å². The number of ketones is 1. The number of Topliss-reactive ketones (excluding diaryl/α,β-unsaturated/α-hetero) is 1. The van der Waals surface area contributed by atoms with Crippen molar-refractivity contribution in [1.82, 2.24) is 5.32 Å². The van der Waals surface area contributed by atoms with Crippen LogP contribution in [-0.4, -0.2) is 30.4 Å². The second-order valence-electron chi connectivity index (χ2n) is 10.0. The fourth-order valence-electron chi connectivity index (χ4n) is 5.56. The highest BCUT2D eigenvalue weighted by Gasteiger charge is 2.41. The number of nitro benzene ring substituents is 1. The number of allylic oxidation sites excluding steroid dienone is 3. The van der Waals surface area contributed by atoms with E-state index in [1.54, 1.807) is 26.2 Å². The van der Waals surface area contributed by atoms with E-state index in [1.165, 1.54) is 12.1 Å². The number of non-ortho nitro benzene ring substituents is 1. The Bertz CT molecular complexity index is 1510. The van der Waals surface area contributed by atoms with Crippen LogP contribution in [0.1, 0.15) is 48.3 Å². The Labute approximate surface area is 232 Å². The van der Waals surface area contributed by atoms with Crippen LogP contribution in [0.15, 0.2) is 101 Å². The topological polar surface area (TPSA) is 108 Å². The molecule has 40 heavy (non-hydrogen) atoms. The van der Waals surface area contributed by atoms with Crippen LogP contribution < -0.4 is 10.1 Å². The van der Waals surface area contributed by atoms with E-state index in [1.807, 2.05) is 54.6 Å². The Morgan fingerprint density at radius 3 is 2.45 bits per heavy atom. The molecule has 1 N–H and O–H groups in total. The van der Waals surface area contributed by atoms with Crippen molar-refractivity contribution >= 4 is 17.4 Å². The van der Waals surface area contributed by atoms with E-state index in [0.29, 0.717) is 35.2 Å². The first-order valence-corrected chi connectivity index (χ1v) is 13.2. The molecule has 2 aliphatic rings. The number of nitrogens with one attached hydrogen (secondary N) is 1. The molecule has 204 valence electrons. The van der Waals surface area contributed by atoms with Crippen LogP contribution in [0.3, 0.4) is 0 Å². The average molecular weight is 539 g/mol. The normalized spacial score (nSPS) is 18.6.